The first-order valence-corrected chi connectivity index (χ1v) is 8.23. The van der Waals surface area contributed by atoms with Crippen molar-refractivity contribution in [3.05, 3.63) is 0 Å². The maximum Gasteiger partial charge on any atom is 0.224 e. The predicted molar refractivity (Wildman–Crippen MR) is 80.2 cm³/mol. The van der Waals surface area contributed by atoms with E-state index >= 15 is 0 Å². The molecule has 1 heterocycles. The summed E-state index contributed by atoms with van der Waals surface area (Å²) in [6.07, 6.45) is 2.49. The van der Waals surface area contributed by atoms with E-state index in [1.54, 1.807) is 11.9 Å². The molecule has 1 aliphatic rings. The minimum atomic E-state index is 0.223. The van der Waals surface area contributed by atoms with Crippen LogP contribution in [-0.4, -0.2) is 73.9 Å². The van der Waals surface area contributed by atoms with Gasteiger partial charge in [-0.05, 0) is 20.1 Å². The molecule has 0 aromatic carbocycles. The topological polar surface area (TPSA) is 44.8 Å². The molecule has 19 heavy (non-hydrogen) atoms. The molecule has 1 N–H and O–H groups in total. The van der Waals surface area contributed by atoms with Crippen LogP contribution in [-0.2, 0) is 9.53 Å². The van der Waals surface area contributed by atoms with Gasteiger partial charge in [0.05, 0.1) is 19.6 Å². The third-order valence-corrected chi connectivity index (χ3v) is 3.84. The van der Waals surface area contributed by atoms with Gasteiger partial charge < -0.3 is 9.64 Å². The summed E-state index contributed by atoms with van der Waals surface area (Å²) in [5.41, 5.74) is 0. The van der Waals surface area contributed by atoms with E-state index < -0.39 is 0 Å². The Labute approximate surface area is 121 Å². The Morgan fingerprint density at radius 1 is 1.26 bits per heavy atom. The van der Waals surface area contributed by atoms with Crippen molar-refractivity contribution in [3.63, 3.8) is 0 Å². The molecule has 0 aliphatic carbocycles. The molecular weight excluding hydrogens is 262 g/mol. The molecule has 0 spiro atoms. The first-order valence-electron chi connectivity index (χ1n) is 7.00. The van der Waals surface area contributed by atoms with Crippen LogP contribution >= 0.6 is 11.9 Å². The Hall–Kier alpha value is -0.300. The van der Waals surface area contributed by atoms with Crippen LogP contribution in [0.4, 0.5) is 0 Å². The van der Waals surface area contributed by atoms with Crippen LogP contribution in [0.15, 0.2) is 0 Å². The largest absolute Gasteiger partial charge is 0.380 e. The van der Waals surface area contributed by atoms with E-state index in [4.69, 9.17) is 4.74 Å². The van der Waals surface area contributed by atoms with Gasteiger partial charge in [0.2, 0.25) is 5.91 Å². The van der Waals surface area contributed by atoms with E-state index in [0.717, 1.165) is 32.7 Å². The number of hydrogen-bond acceptors (Lipinski definition) is 5. The van der Waals surface area contributed by atoms with E-state index in [0.29, 0.717) is 25.7 Å². The van der Waals surface area contributed by atoms with Crippen LogP contribution in [0.1, 0.15) is 20.3 Å². The molecule has 1 amide bonds. The first-order chi connectivity index (χ1) is 9.15. The van der Waals surface area contributed by atoms with Crippen LogP contribution in [0.3, 0.4) is 0 Å². The summed E-state index contributed by atoms with van der Waals surface area (Å²) in [6.45, 7) is 10.1. The van der Waals surface area contributed by atoms with Gasteiger partial charge in [0.25, 0.3) is 0 Å². The molecule has 112 valence electrons. The van der Waals surface area contributed by atoms with E-state index in [-0.39, 0.29) is 5.91 Å². The van der Waals surface area contributed by atoms with Gasteiger partial charge in [-0.25, -0.2) is 0 Å². The molecule has 1 aliphatic heterocycles. The Kier molecular flexibility index (Phi) is 8.45. The standard InChI is InChI=1S/C13H27N3O2S/c1-12(2)15-6-8-16(9-7-15)13(17)4-10-18-11-5-14-19-3/h12,14H,4-11H2,1-3H3. The normalized spacial score (nSPS) is 17.2. The molecule has 0 unspecified atom stereocenters. The molecule has 0 aromatic rings. The summed E-state index contributed by atoms with van der Waals surface area (Å²) >= 11 is 1.58. The summed E-state index contributed by atoms with van der Waals surface area (Å²) in [7, 11) is 0. The smallest absolute Gasteiger partial charge is 0.224 e. The lowest BCUT2D eigenvalue weighted by Gasteiger charge is -2.37. The molecule has 6 heteroatoms. The number of carbonyl (C=O) groups is 1. The highest BCUT2D eigenvalue weighted by Gasteiger charge is 2.21. The molecule has 1 rings (SSSR count). The first kappa shape index (κ1) is 16.8. The number of nitrogens with zero attached hydrogens (tertiary/aromatic N) is 2. The lowest BCUT2D eigenvalue weighted by Crippen LogP contribution is -2.50. The number of ether oxygens (including phenoxy) is 1. The van der Waals surface area contributed by atoms with Crippen molar-refractivity contribution in [2.45, 2.75) is 26.3 Å². The minimum Gasteiger partial charge on any atom is -0.380 e. The number of rotatable bonds is 8. The molecule has 0 bridgehead atoms. The zero-order chi connectivity index (χ0) is 14.1. The minimum absolute atomic E-state index is 0.223. The number of carbonyl (C=O) groups excluding carboxylic acids is 1. The van der Waals surface area contributed by atoms with E-state index in [9.17, 15) is 4.79 Å². The van der Waals surface area contributed by atoms with Crippen molar-refractivity contribution in [2.24, 2.45) is 0 Å². The van der Waals surface area contributed by atoms with Gasteiger partial charge >= 0.3 is 0 Å². The van der Waals surface area contributed by atoms with Crippen molar-refractivity contribution >= 4 is 17.9 Å². The second-order valence-corrected chi connectivity index (χ2v) is 5.67. The Balaban J connectivity index is 2.07. The molecule has 0 saturated carbocycles. The second kappa shape index (κ2) is 9.58. The van der Waals surface area contributed by atoms with Gasteiger partial charge in [0.15, 0.2) is 0 Å². The molecule has 1 saturated heterocycles. The van der Waals surface area contributed by atoms with Crippen LogP contribution in [0.2, 0.25) is 0 Å². The highest BCUT2D eigenvalue weighted by molar-refractivity contribution is 7.96. The molecule has 0 aromatic heterocycles. The third-order valence-electron chi connectivity index (χ3n) is 3.35. The monoisotopic (exact) mass is 289 g/mol. The fourth-order valence-corrected chi connectivity index (χ4v) is 2.41. The number of amides is 1. The maximum absolute atomic E-state index is 12.0. The van der Waals surface area contributed by atoms with E-state index in [1.807, 2.05) is 11.2 Å². The highest BCUT2D eigenvalue weighted by atomic mass is 32.2. The van der Waals surface area contributed by atoms with Gasteiger partial charge in [-0.15, -0.1) is 0 Å². The van der Waals surface area contributed by atoms with Gasteiger partial charge in [0.1, 0.15) is 0 Å². The van der Waals surface area contributed by atoms with Crippen LogP contribution in [0.5, 0.6) is 0 Å². The van der Waals surface area contributed by atoms with Crippen molar-refractivity contribution in [1.82, 2.24) is 14.5 Å². The lowest BCUT2D eigenvalue weighted by atomic mass is 10.2. The zero-order valence-corrected chi connectivity index (χ0v) is 13.2. The Bertz CT molecular complexity index is 256. The predicted octanol–water partition coefficient (Wildman–Crippen LogP) is 0.813. The summed E-state index contributed by atoms with van der Waals surface area (Å²) in [5.74, 6) is 0.223. The van der Waals surface area contributed by atoms with Crippen molar-refractivity contribution in [3.8, 4) is 0 Å². The Morgan fingerprint density at radius 3 is 2.53 bits per heavy atom. The SMILES string of the molecule is CSNCCOCCC(=O)N1CCN(C(C)C)CC1. The maximum atomic E-state index is 12.0. The summed E-state index contributed by atoms with van der Waals surface area (Å²) < 4.78 is 8.53. The average molecular weight is 289 g/mol. The quantitative estimate of drug-likeness (QED) is 0.529. The molecule has 5 nitrogen and oxygen atoms in total. The van der Waals surface area contributed by atoms with Gasteiger partial charge in [-0.1, -0.05) is 11.9 Å². The Morgan fingerprint density at radius 2 is 1.95 bits per heavy atom. The molecule has 0 radical (unpaired) electrons. The van der Waals surface area contributed by atoms with Gasteiger partial charge in [0, 0.05) is 38.8 Å². The average Bonchev–Trinajstić information content (AvgIpc) is 2.42. The second-order valence-electron chi connectivity index (χ2n) is 4.97. The summed E-state index contributed by atoms with van der Waals surface area (Å²) in [6, 6.07) is 0.574. The van der Waals surface area contributed by atoms with Crippen molar-refractivity contribution in [1.29, 1.82) is 0 Å². The highest BCUT2D eigenvalue weighted by Crippen LogP contribution is 2.07. The van der Waals surface area contributed by atoms with Gasteiger partial charge in [-0.3, -0.25) is 14.4 Å². The number of piperazine rings is 1. The van der Waals surface area contributed by atoms with E-state index in [2.05, 4.69) is 23.5 Å². The van der Waals surface area contributed by atoms with Crippen LogP contribution in [0, 0.1) is 0 Å². The summed E-state index contributed by atoms with van der Waals surface area (Å²) in [5, 5.41) is 0. The number of nitrogens with one attached hydrogen (secondary N) is 1. The van der Waals surface area contributed by atoms with Crippen LogP contribution < -0.4 is 4.72 Å². The van der Waals surface area contributed by atoms with Gasteiger partial charge in [-0.2, -0.15) is 0 Å². The summed E-state index contributed by atoms with van der Waals surface area (Å²) in [4.78, 5) is 16.3. The zero-order valence-electron chi connectivity index (χ0n) is 12.4. The lowest BCUT2D eigenvalue weighted by molar-refractivity contribution is -0.134. The fourth-order valence-electron chi connectivity index (χ4n) is 2.12. The van der Waals surface area contributed by atoms with Crippen molar-refractivity contribution in [2.75, 3.05) is 52.2 Å². The van der Waals surface area contributed by atoms with Crippen LogP contribution in [0.25, 0.3) is 0 Å². The molecule has 1 fully saturated rings. The number of hydrogen-bond donors (Lipinski definition) is 1. The fraction of sp³-hybridized carbons (Fsp3) is 0.923. The third kappa shape index (κ3) is 6.61. The molecular formula is C13H27N3O2S. The molecule has 0 atom stereocenters. The van der Waals surface area contributed by atoms with Crippen molar-refractivity contribution < 1.29 is 9.53 Å². The van der Waals surface area contributed by atoms with E-state index in [1.165, 1.54) is 0 Å².